The van der Waals surface area contributed by atoms with Crippen LogP contribution in [-0.2, 0) is 20.9 Å². The van der Waals surface area contributed by atoms with Gasteiger partial charge in [-0.25, -0.2) is 9.37 Å². The molecule has 0 saturated carbocycles. The number of hydrogen-bond acceptors (Lipinski definition) is 4. The van der Waals surface area contributed by atoms with E-state index in [0.717, 1.165) is 17.0 Å². The van der Waals surface area contributed by atoms with Gasteiger partial charge >= 0.3 is 0 Å². The number of pyridine rings is 1. The fourth-order valence-electron chi connectivity index (χ4n) is 2.86. The van der Waals surface area contributed by atoms with Crippen LogP contribution in [0.25, 0.3) is 17.4 Å². The van der Waals surface area contributed by atoms with Crippen molar-refractivity contribution in [2.24, 2.45) is 0 Å². The monoisotopic (exact) mass is 324 g/mol. The predicted molar refractivity (Wildman–Crippen MR) is 86.9 cm³/mol. The van der Waals surface area contributed by atoms with Gasteiger partial charge in [0.1, 0.15) is 18.2 Å². The van der Waals surface area contributed by atoms with Gasteiger partial charge < -0.3 is 14.8 Å². The molecule has 6 heteroatoms. The summed E-state index contributed by atoms with van der Waals surface area (Å²) in [7, 11) is 1.56. The van der Waals surface area contributed by atoms with Crippen molar-refractivity contribution < 1.29 is 18.7 Å². The Morgan fingerprint density at radius 3 is 3.00 bits per heavy atom. The van der Waals surface area contributed by atoms with Gasteiger partial charge in [-0.05, 0) is 36.4 Å². The van der Waals surface area contributed by atoms with Crippen molar-refractivity contribution in [1.82, 2.24) is 4.98 Å². The lowest BCUT2D eigenvalue weighted by molar-refractivity contribution is -0.110. The van der Waals surface area contributed by atoms with E-state index in [1.807, 2.05) is 12.1 Å². The van der Waals surface area contributed by atoms with Gasteiger partial charge in [0, 0.05) is 16.8 Å². The van der Waals surface area contributed by atoms with Gasteiger partial charge in [0.15, 0.2) is 0 Å². The van der Waals surface area contributed by atoms with Crippen LogP contribution in [0.2, 0.25) is 0 Å². The van der Waals surface area contributed by atoms with Crippen LogP contribution in [0.3, 0.4) is 0 Å². The molecular formula is C18H13FN2O3. The number of amides is 1. The molecule has 5 nitrogen and oxygen atoms in total. The minimum absolute atomic E-state index is 0.265. The maximum atomic E-state index is 13.6. The lowest BCUT2D eigenvalue weighted by atomic mass is 10.0. The summed E-state index contributed by atoms with van der Waals surface area (Å²) in [5, 5.41) is 2.73. The largest absolute Gasteiger partial charge is 0.504 e. The minimum atomic E-state index is -0.403. The van der Waals surface area contributed by atoms with Crippen molar-refractivity contribution in [2.75, 3.05) is 12.4 Å². The Bertz CT molecular complexity index is 918. The Balaban J connectivity index is 1.83. The fraction of sp³-hybridized carbons (Fsp3) is 0.111. The molecule has 0 unspecified atom stereocenters. The Kier molecular flexibility index (Phi) is 3.30. The van der Waals surface area contributed by atoms with E-state index in [4.69, 9.17) is 9.47 Å². The average Bonchev–Trinajstić information content (AvgIpc) is 3.12. The van der Waals surface area contributed by atoms with Crippen LogP contribution in [0.5, 0.6) is 0 Å². The van der Waals surface area contributed by atoms with Crippen LogP contribution >= 0.6 is 0 Å². The molecule has 120 valence electrons. The molecule has 2 aliphatic rings. The van der Waals surface area contributed by atoms with Crippen LogP contribution in [0.15, 0.2) is 36.6 Å². The number of anilines is 1. The second-order valence-corrected chi connectivity index (χ2v) is 5.41. The summed E-state index contributed by atoms with van der Waals surface area (Å²) in [6.45, 7) is 0.265. The lowest BCUT2D eigenvalue weighted by Crippen LogP contribution is -2.05. The van der Waals surface area contributed by atoms with E-state index in [1.165, 1.54) is 18.4 Å². The zero-order valence-corrected chi connectivity index (χ0v) is 12.8. The summed E-state index contributed by atoms with van der Waals surface area (Å²) >= 11 is 0. The number of carbonyl (C=O) groups is 1. The lowest BCUT2D eigenvalue weighted by Gasteiger charge is -2.05. The summed E-state index contributed by atoms with van der Waals surface area (Å²) < 4.78 is 24.2. The smallest absolute Gasteiger partial charge is 0.260 e. The molecule has 24 heavy (non-hydrogen) atoms. The zero-order valence-electron chi connectivity index (χ0n) is 12.8. The topological polar surface area (TPSA) is 60.5 Å². The molecule has 0 saturated heterocycles. The van der Waals surface area contributed by atoms with E-state index in [2.05, 4.69) is 10.3 Å². The molecule has 4 rings (SSSR count). The third-order valence-electron chi connectivity index (χ3n) is 3.92. The van der Waals surface area contributed by atoms with Crippen molar-refractivity contribution in [1.29, 1.82) is 0 Å². The Hall–Kier alpha value is -3.15. The van der Waals surface area contributed by atoms with E-state index in [-0.39, 0.29) is 12.5 Å². The second kappa shape index (κ2) is 5.49. The zero-order chi connectivity index (χ0) is 16.7. The van der Waals surface area contributed by atoms with Crippen LogP contribution in [-0.4, -0.2) is 18.0 Å². The SMILES string of the molecule is COC=Cc1ccc2c(n1)CO/C2=C1/C(=O)Nc2ccc(F)cc21. The Morgan fingerprint density at radius 2 is 2.17 bits per heavy atom. The minimum Gasteiger partial charge on any atom is -0.504 e. The van der Waals surface area contributed by atoms with Gasteiger partial charge in [0.25, 0.3) is 5.91 Å². The summed E-state index contributed by atoms with van der Waals surface area (Å²) in [6.07, 6.45) is 3.27. The number of hydrogen-bond donors (Lipinski definition) is 1. The number of ether oxygens (including phenoxy) is 2. The standard InChI is InChI=1S/C18H13FN2O3/c1-23-7-6-11-3-4-12-15(20-11)9-24-17(12)16-13-8-10(19)2-5-14(13)21-18(16)22/h2-8H,9H2,1H3,(H,21,22)/b7-6?,17-16+. The normalized spacial score (nSPS) is 18.3. The highest BCUT2D eigenvalue weighted by Gasteiger charge is 2.33. The molecule has 0 bridgehead atoms. The van der Waals surface area contributed by atoms with E-state index in [9.17, 15) is 9.18 Å². The van der Waals surface area contributed by atoms with Crippen LogP contribution in [0.4, 0.5) is 10.1 Å². The van der Waals surface area contributed by atoms with Crippen molar-refractivity contribution in [3.8, 4) is 0 Å². The van der Waals surface area contributed by atoms with Gasteiger partial charge in [-0.2, -0.15) is 0 Å². The number of benzene rings is 1. The Morgan fingerprint density at radius 1 is 1.29 bits per heavy atom. The Labute approximate surface area is 137 Å². The highest BCUT2D eigenvalue weighted by molar-refractivity contribution is 6.36. The number of aromatic nitrogens is 1. The maximum Gasteiger partial charge on any atom is 0.260 e. The molecule has 1 aromatic heterocycles. The first-order valence-electron chi connectivity index (χ1n) is 7.35. The molecule has 0 aliphatic carbocycles. The van der Waals surface area contributed by atoms with Gasteiger partial charge in [0.05, 0.1) is 30.3 Å². The summed E-state index contributed by atoms with van der Waals surface area (Å²) in [5.74, 6) is -0.275. The molecule has 1 aromatic carbocycles. The number of carbonyl (C=O) groups excluding carboxylic acids is 1. The van der Waals surface area contributed by atoms with Crippen molar-refractivity contribution in [3.05, 3.63) is 64.9 Å². The number of methoxy groups -OCH3 is 1. The second-order valence-electron chi connectivity index (χ2n) is 5.41. The highest BCUT2D eigenvalue weighted by atomic mass is 19.1. The maximum absolute atomic E-state index is 13.6. The predicted octanol–water partition coefficient (Wildman–Crippen LogP) is 3.19. The summed E-state index contributed by atoms with van der Waals surface area (Å²) in [5.41, 5.74) is 3.62. The van der Waals surface area contributed by atoms with Crippen molar-refractivity contribution in [2.45, 2.75) is 6.61 Å². The van der Waals surface area contributed by atoms with E-state index in [1.54, 1.807) is 19.3 Å². The number of halogens is 1. The van der Waals surface area contributed by atoms with Crippen LogP contribution in [0.1, 0.15) is 22.5 Å². The van der Waals surface area contributed by atoms with E-state index >= 15 is 0 Å². The molecule has 2 aromatic rings. The number of rotatable bonds is 2. The first-order valence-corrected chi connectivity index (χ1v) is 7.35. The van der Waals surface area contributed by atoms with Gasteiger partial charge in [0.2, 0.25) is 0 Å². The third kappa shape index (κ3) is 2.23. The molecule has 1 amide bonds. The molecule has 1 N–H and O–H groups in total. The van der Waals surface area contributed by atoms with Crippen molar-refractivity contribution in [3.63, 3.8) is 0 Å². The third-order valence-corrected chi connectivity index (χ3v) is 3.92. The number of nitrogens with zero attached hydrogens (tertiary/aromatic N) is 1. The molecule has 0 atom stereocenters. The molecule has 3 heterocycles. The van der Waals surface area contributed by atoms with Gasteiger partial charge in [-0.15, -0.1) is 0 Å². The van der Waals surface area contributed by atoms with Gasteiger partial charge in [-0.3, -0.25) is 4.79 Å². The first-order chi connectivity index (χ1) is 11.7. The number of nitrogens with one attached hydrogen (secondary N) is 1. The quantitative estimate of drug-likeness (QED) is 0.681. The summed E-state index contributed by atoms with van der Waals surface area (Å²) in [4.78, 5) is 16.8. The average molecular weight is 324 g/mol. The van der Waals surface area contributed by atoms with E-state index < -0.39 is 5.82 Å². The van der Waals surface area contributed by atoms with Crippen LogP contribution in [0, 0.1) is 5.82 Å². The highest BCUT2D eigenvalue weighted by Crippen LogP contribution is 2.41. The fourth-order valence-corrected chi connectivity index (χ4v) is 2.86. The first kappa shape index (κ1) is 14.4. The molecular weight excluding hydrogens is 311 g/mol. The van der Waals surface area contributed by atoms with E-state index in [0.29, 0.717) is 22.6 Å². The molecule has 0 fully saturated rings. The number of fused-ring (bicyclic) bond motifs is 2. The van der Waals surface area contributed by atoms with Gasteiger partial charge in [-0.1, -0.05) is 0 Å². The molecule has 0 spiro atoms. The van der Waals surface area contributed by atoms with Crippen LogP contribution < -0.4 is 5.32 Å². The van der Waals surface area contributed by atoms with Crippen molar-refractivity contribution >= 4 is 29.0 Å². The summed E-state index contributed by atoms with van der Waals surface area (Å²) in [6, 6.07) is 7.84. The molecule has 0 radical (unpaired) electrons. The molecule has 2 aliphatic heterocycles.